The van der Waals surface area contributed by atoms with Gasteiger partial charge in [0.15, 0.2) is 5.84 Å². The molecule has 3 aromatic carbocycles. The zero-order chi connectivity index (χ0) is 22.2. The molecule has 3 rings (SSSR count). The van der Waals surface area contributed by atoms with Crippen molar-refractivity contribution in [1.29, 1.82) is 0 Å². The van der Waals surface area contributed by atoms with Crippen LogP contribution in [0, 0.1) is 20.5 Å². The van der Waals surface area contributed by atoms with Crippen molar-refractivity contribution in [1.82, 2.24) is 5.43 Å². The summed E-state index contributed by atoms with van der Waals surface area (Å²) in [5, 5.41) is 36.2. The topological polar surface area (TPSA) is 150 Å². The third-order valence-electron chi connectivity index (χ3n) is 4.14. The van der Waals surface area contributed by atoms with Gasteiger partial charge in [0.1, 0.15) is 5.75 Å². The third kappa shape index (κ3) is 5.82. The molecule has 0 fully saturated rings. The summed E-state index contributed by atoms with van der Waals surface area (Å²) in [6, 6.07) is 18.8. The van der Waals surface area contributed by atoms with E-state index >= 15 is 0 Å². The number of hydrogen-bond acceptors (Lipinski definition) is 9. The molecule has 3 aromatic rings. The molecule has 11 nitrogen and oxygen atoms in total. The van der Waals surface area contributed by atoms with Crippen LogP contribution in [-0.4, -0.2) is 17.9 Å². The average Bonchev–Trinajstić information content (AvgIpc) is 2.80. The molecule has 0 aliphatic rings. The number of hydrogen-bond donors (Lipinski definition) is 3. The quantitative estimate of drug-likeness (QED) is 0.213. The molecule has 0 spiro atoms. The lowest BCUT2D eigenvalue weighted by Gasteiger charge is -2.37. The standard InChI is InChI=1S/C20H18N6O5/c1-31-19-12-2-14(3-13-19)20(23-21-15-4-8-17(9-5-15)25(27)28)24-22-16-6-10-18(11-7-16)26(29)30/h2-13,21-22H,1H3,(H,23,24)/q-2. The van der Waals surface area contributed by atoms with Crippen LogP contribution < -0.4 is 26.2 Å². The number of nitrogens with one attached hydrogen (secondary N) is 3. The number of rotatable bonds is 8. The highest BCUT2D eigenvalue weighted by Gasteiger charge is 2.06. The minimum absolute atomic E-state index is 0.0190. The number of nitro benzene ring substituents is 1. The molecule has 0 amide bonds. The zero-order valence-corrected chi connectivity index (χ0v) is 16.3. The fourth-order valence-corrected chi connectivity index (χ4v) is 2.49. The van der Waals surface area contributed by atoms with Gasteiger partial charge in [0, 0.05) is 23.4 Å². The van der Waals surface area contributed by atoms with Crippen LogP contribution in [0.4, 0.5) is 22.7 Å². The highest BCUT2D eigenvalue weighted by molar-refractivity contribution is 5.99. The van der Waals surface area contributed by atoms with Crippen molar-refractivity contribution in [2.24, 2.45) is 5.10 Å². The average molecular weight is 422 g/mol. The van der Waals surface area contributed by atoms with Gasteiger partial charge < -0.3 is 20.4 Å². The van der Waals surface area contributed by atoms with E-state index in [2.05, 4.69) is 21.4 Å². The summed E-state index contributed by atoms with van der Waals surface area (Å²) in [6.07, 6.45) is 0. The number of nitro groups is 1. The second-order valence-electron chi connectivity index (χ2n) is 6.16. The fourth-order valence-electron chi connectivity index (χ4n) is 2.49. The Morgan fingerprint density at radius 3 is 2.10 bits per heavy atom. The fraction of sp³-hybridized carbons (Fsp3) is 0.0500. The maximum absolute atomic E-state index is 10.8. The van der Waals surface area contributed by atoms with Crippen LogP contribution in [0.1, 0.15) is 5.56 Å². The van der Waals surface area contributed by atoms with Crippen molar-refractivity contribution in [2.75, 3.05) is 23.2 Å². The van der Waals surface area contributed by atoms with Gasteiger partial charge >= 0.3 is 0 Å². The summed E-state index contributed by atoms with van der Waals surface area (Å²) in [7, 11) is 1.56. The molecule has 0 bridgehead atoms. The summed E-state index contributed by atoms with van der Waals surface area (Å²) in [5.74, 6) is 1.08. The van der Waals surface area contributed by atoms with Gasteiger partial charge in [0.2, 0.25) is 0 Å². The van der Waals surface area contributed by atoms with Crippen molar-refractivity contribution in [3.8, 4) is 5.75 Å². The number of ether oxygens (including phenoxy) is 1. The molecule has 0 atom stereocenters. The first-order chi connectivity index (χ1) is 15.0. The van der Waals surface area contributed by atoms with Gasteiger partial charge in [-0.15, -0.1) is 0 Å². The Bertz CT molecular complexity index is 1040. The lowest BCUT2D eigenvalue weighted by molar-refractivity contribution is -0.384. The van der Waals surface area contributed by atoms with E-state index in [1.54, 1.807) is 43.5 Å². The number of hydrazone groups is 1. The molecule has 0 saturated carbocycles. The van der Waals surface area contributed by atoms with Gasteiger partial charge in [-0.1, -0.05) is 0 Å². The van der Waals surface area contributed by atoms with Crippen molar-refractivity contribution in [3.05, 3.63) is 98.9 Å². The molecule has 160 valence electrons. The summed E-state index contributed by atoms with van der Waals surface area (Å²) in [5.41, 5.74) is 10.5. The number of hydrazine groups is 1. The van der Waals surface area contributed by atoms with Crippen LogP contribution in [-0.2, 0) is 0 Å². The first kappa shape index (κ1) is 21.4. The van der Waals surface area contributed by atoms with Crippen LogP contribution >= 0.6 is 0 Å². The van der Waals surface area contributed by atoms with E-state index in [1.807, 2.05) is 0 Å². The monoisotopic (exact) mass is 422 g/mol. The van der Waals surface area contributed by atoms with Gasteiger partial charge in [-0.2, -0.15) is 5.10 Å². The van der Waals surface area contributed by atoms with Gasteiger partial charge in [0.25, 0.3) is 5.69 Å². The van der Waals surface area contributed by atoms with Crippen LogP contribution in [0.5, 0.6) is 5.75 Å². The number of benzene rings is 3. The Labute approximate surface area is 177 Å². The zero-order valence-electron chi connectivity index (χ0n) is 16.3. The van der Waals surface area contributed by atoms with E-state index in [0.717, 1.165) is 0 Å². The number of nitrogens with zero attached hydrogens (tertiary/aromatic N) is 3. The largest absolute Gasteiger partial charge is 0.769 e. The minimum Gasteiger partial charge on any atom is -0.769 e. The molecular weight excluding hydrogens is 404 g/mol. The van der Waals surface area contributed by atoms with E-state index in [1.165, 1.54) is 36.4 Å². The Hall–Kier alpha value is -4.35. The molecule has 0 heterocycles. The summed E-state index contributed by atoms with van der Waals surface area (Å²) >= 11 is 0. The molecule has 0 aromatic heterocycles. The van der Waals surface area contributed by atoms with E-state index in [9.17, 15) is 20.5 Å². The number of methoxy groups -OCH3 is 1. The number of anilines is 3. The molecule has 0 aliphatic carbocycles. The summed E-state index contributed by atoms with van der Waals surface area (Å²) in [6.45, 7) is 0. The molecule has 3 N–H and O–H groups in total. The van der Waals surface area contributed by atoms with E-state index in [4.69, 9.17) is 4.74 Å². The van der Waals surface area contributed by atoms with Crippen LogP contribution in [0.2, 0.25) is 0 Å². The maximum Gasteiger partial charge on any atom is 0.269 e. The molecule has 0 radical (unpaired) electrons. The van der Waals surface area contributed by atoms with E-state index in [0.29, 0.717) is 28.5 Å². The van der Waals surface area contributed by atoms with Crippen molar-refractivity contribution in [3.63, 3.8) is 0 Å². The second kappa shape index (κ2) is 9.91. The van der Waals surface area contributed by atoms with Crippen LogP contribution in [0.3, 0.4) is 0 Å². The summed E-state index contributed by atoms with van der Waals surface area (Å²) < 4.78 is 5.17. The first-order valence-electron chi connectivity index (χ1n) is 8.95. The lowest BCUT2D eigenvalue weighted by atomic mass is 10.2. The van der Waals surface area contributed by atoms with Gasteiger partial charge in [-0.05, 0) is 60.7 Å². The first-order valence-corrected chi connectivity index (χ1v) is 8.95. The Morgan fingerprint density at radius 1 is 0.935 bits per heavy atom. The van der Waals surface area contributed by atoms with Crippen molar-refractivity contribution < 1.29 is 9.66 Å². The van der Waals surface area contributed by atoms with Crippen molar-refractivity contribution >= 4 is 28.6 Å². The van der Waals surface area contributed by atoms with Gasteiger partial charge in [0.05, 0.1) is 23.4 Å². The molecule has 0 saturated heterocycles. The molecule has 11 heteroatoms. The normalized spacial score (nSPS) is 10.9. The molecule has 0 unspecified atom stereocenters. The highest BCUT2D eigenvalue weighted by atomic mass is 16.8. The van der Waals surface area contributed by atoms with Gasteiger partial charge in [-0.25, -0.2) is 0 Å². The van der Waals surface area contributed by atoms with E-state index in [-0.39, 0.29) is 11.4 Å². The summed E-state index contributed by atoms with van der Waals surface area (Å²) in [4.78, 5) is 10.3. The highest BCUT2D eigenvalue weighted by Crippen LogP contribution is 2.18. The van der Waals surface area contributed by atoms with Gasteiger partial charge in [-0.3, -0.25) is 26.4 Å². The Kier molecular flexibility index (Phi) is 6.83. The van der Waals surface area contributed by atoms with Crippen molar-refractivity contribution in [2.45, 2.75) is 0 Å². The Balaban J connectivity index is 1.78. The number of non-ortho nitro benzene ring substituents is 1. The SMILES string of the molecule is COc1ccc(C(=NNc2ccc([N+](=O)[O-])cc2)NNc2ccc(N([O-])[O-])cc2)cc1. The second-order valence-corrected chi connectivity index (χ2v) is 6.16. The Morgan fingerprint density at radius 2 is 1.55 bits per heavy atom. The molecular formula is C20H18N6O5-2. The maximum atomic E-state index is 10.8. The predicted molar refractivity (Wildman–Crippen MR) is 119 cm³/mol. The predicted octanol–water partition coefficient (Wildman–Crippen LogP) is 3.80. The molecule has 31 heavy (non-hydrogen) atoms. The number of amidine groups is 1. The van der Waals surface area contributed by atoms with E-state index < -0.39 is 10.1 Å². The van der Waals surface area contributed by atoms with Crippen LogP contribution in [0.25, 0.3) is 0 Å². The smallest absolute Gasteiger partial charge is 0.269 e. The lowest BCUT2D eigenvalue weighted by Crippen LogP contribution is -2.31. The minimum atomic E-state index is -0.481. The van der Waals surface area contributed by atoms with Crippen LogP contribution in [0.15, 0.2) is 77.9 Å². The third-order valence-corrected chi connectivity index (χ3v) is 4.14. The molecule has 0 aliphatic heterocycles.